The Bertz CT molecular complexity index is 389. The molecule has 1 fully saturated rings. The first-order chi connectivity index (χ1) is 10.4. The van der Waals surface area contributed by atoms with E-state index in [2.05, 4.69) is 5.32 Å². The summed E-state index contributed by atoms with van der Waals surface area (Å²) in [6.07, 6.45) is 8.49. The van der Waals surface area contributed by atoms with Crippen LogP contribution in [0.4, 0.5) is 0 Å². The highest BCUT2D eigenvalue weighted by Gasteiger charge is 2.13. The van der Waals surface area contributed by atoms with Gasteiger partial charge in [-0.3, -0.25) is 0 Å². The van der Waals surface area contributed by atoms with Crippen LogP contribution in [-0.4, -0.2) is 26.3 Å². The summed E-state index contributed by atoms with van der Waals surface area (Å²) in [6, 6.07) is 7.87. The van der Waals surface area contributed by atoms with E-state index >= 15 is 0 Å². The van der Waals surface area contributed by atoms with Gasteiger partial charge in [-0.25, -0.2) is 0 Å². The van der Waals surface area contributed by atoms with Gasteiger partial charge in [0.1, 0.15) is 6.61 Å². The number of benzene rings is 1. The van der Waals surface area contributed by atoms with Crippen LogP contribution in [0.2, 0.25) is 0 Å². The third kappa shape index (κ3) is 5.96. The first-order valence-corrected chi connectivity index (χ1v) is 8.45. The maximum absolute atomic E-state index is 5.78. The zero-order chi connectivity index (χ0) is 14.8. The highest BCUT2D eigenvalue weighted by molar-refractivity contribution is 5.39. The average Bonchev–Trinajstić information content (AvgIpc) is 3.01. The molecular weight excluding hydrogens is 262 g/mol. The van der Waals surface area contributed by atoms with Crippen molar-refractivity contribution in [3.05, 3.63) is 24.3 Å². The van der Waals surface area contributed by atoms with Crippen molar-refractivity contribution >= 4 is 0 Å². The second kappa shape index (κ2) is 9.67. The van der Waals surface area contributed by atoms with Gasteiger partial charge in [-0.05, 0) is 44.4 Å². The van der Waals surface area contributed by atoms with Crippen molar-refractivity contribution in [3.8, 4) is 11.5 Å². The van der Waals surface area contributed by atoms with Crippen LogP contribution in [0.1, 0.15) is 45.4 Å². The standard InChI is InChI=1S/C18H29NO2/c1-2-20-17-11-5-6-12-18(17)21-15-14-19-13-7-10-16-8-3-4-9-16/h5-6,11-12,16,19H,2-4,7-10,13-15H2,1H3. The van der Waals surface area contributed by atoms with Crippen LogP contribution < -0.4 is 14.8 Å². The molecule has 0 spiro atoms. The van der Waals surface area contributed by atoms with Crippen LogP contribution in [0.3, 0.4) is 0 Å². The summed E-state index contributed by atoms with van der Waals surface area (Å²) >= 11 is 0. The van der Waals surface area contributed by atoms with Crippen LogP contribution in [0, 0.1) is 5.92 Å². The quantitative estimate of drug-likeness (QED) is 0.660. The first-order valence-electron chi connectivity index (χ1n) is 8.45. The van der Waals surface area contributed by atoms with Crippen molar-refractivity contribution < 1.29 is 9.47 Å². The van der Waals surface area contributed by atoms with Crippen LogP contribution in [0.15, 0.2) is 24.3 Å². The number of para-hydroxylation sites is 2. The summed E-state index contributed by atoms with van der Waals surface area (Å²) in [4.78, 5) is 0. The van der Waals surface area contributed by atoms with E-state index in [4.69, 9.17) is 9.47 Å². The van der Waals surface area contributed by atoms with Gasteiger partial charge in [-0.15, -0.1) is 0 Å². The molecule has 0 heterocycles. The molecule has 1 aliphatic rings. The first kappa shape index (κ1) is 16.2. The fourth-order valence-corrected chi connectivity index (χ4v) is 3.02. The molecule has 0 saturated heterocycles. The van der Waals surface area contributed by atoms with Crippen molar-refractivity contribution in [1.82, 2.24) is 5.32 Å². The minimum atomic E-state index is 0.666. The molecule has 118 valence electrons. The van der Waals surface area contributed by atoms with Crippen molar-refractivity contribution in [2.45, 2.75) is 45.4 Å². The monoisotopic (exact) mass is 291 g/mol. The highest BCUT2D eigenvalue weighted by Crippen LogP contribution is 2.28. The lowest BCUT2D eigenvalue weighted by molar-refractivity contribution is 0.275. The summed E-state index contributed by atoms with van der Waals surface area (Å²) in [5, 5.41) is 3.47. The Morgan fingerprint density at radius 3 is 2.48 bits per heavy atom. The van der Waals surface area contributed by atoms with Gasteiger partial charge in [-0.1, -0.05) is 37.8 Å². The van der Waals surface area contributed by atoms with Gasteiger partial charge >= 0.3 is 0 Å². The minimum Gasteiger partial charge on any atom is -0.490 e. The number of rotatable bonds is 10. The Balaban J connectivity index is 1.53. The van der Waals surface area contributed by atoms with Crippen molar-refractivity contribution in [2.75, 3.05) is 26.3 Å². The summed E-state index contributed by atoms with van der Waals surface area (Å²) < 4.78 is 11.3. The van der Waals surface area contributed by atoms with E-state index in [0.29, 0.717) is 13.2 Å². The summed E-state index contributed by atoms with van der Waals surface area (Å²) in [5.74, 6) is 2.68. The Morgan fingerprint density at radius 2 is 1.76 bits per heavy atom. The fraction of sp³-hybridized carbons (Fsp3) is 0.667. The van der Waals surface area contributed by atoms with Gasteiger partial charge in [0.25, 0.3) is 0 Å². The van der Waals surface area contributed by atoms with Gasteiger partial charge in [0.15, 0.2) is 11.5 Å². The predicted octanol–water partition coefficient (Wildman–Crippen LogP) is 4.02. The lowest BCUT2D eigenvalue weighted by Gasteiger charge is -2.12. The second-order valence-electron chi connectivity index (χ2n) is 5.77. The fourth-order valence-electron chi connectivity index (χ4n) is 3.02. The third-order valence-electron chi connectivity index (χ3n) is 4.13. The number of nitrogens with one attached hydrogen (secondary N) is 1. The molecule has 0 aliphatic heterocycles. The van der Waals surface area contributed by atoms with Gasteiger partial charge < -0.3 is 14.8 Å². The Labute approximate surface area is 129 Å². The van der Waals surface area contributed by atoms with E-state index in [1.165, 1.54) is 38.5 Å². The SMILES string of the molecule is CCOc1ccccc1OCCNCCCC1CCCC1. The second-order valence-corrected chi connectivity index (χ2v) is 5.77. The maximum atomic E-state index is 5.78. The highest BCUT2D eigenvalue weighted by atomic mass is 16.5. The van der Waals surface area contributed by atoms with Gasteiger partial charge in [0, 0.05) is 6.54 Å². The molecular formula is C18H29NO2. The molecule has 1 saturated carbocycles. The van der Waals surface area contributed by atoms with Gasteiger partial charge in [0.05, 0.1) is 6.61 Å². The smallest absolute Gasteiger partial charge is 0.161 e. The third-order valence-corrected chi connectivity index (χ3v) is 4.13. The summed E-state index contributed by atoms with van der Waals surface area (Å²) in [6.45, 7) is 5.34. The maximum Gasteiger partial charge on any atom is 0.161 e. The minimum absolute atomic E-state index is 0.666. The number of hydrogen-bond acceptors (Lipinski definition) is 3. The number of hydrogen-bond donors (Lipinski definition) is 1. The van der Waals surface area contributed by atoms with Crippen LogP contribution in [-0.2, 0) is 0 Å². The largest absolute Gasteiger partial charge is 0.490 e. The van der Waals surface area contributed by atoms with Crippen molar-refractivity contribution in [3.63, 3.8) is 0 Å². The van der Waals surface area contributed by atoms with Crippen molar-refractivity contribution in [1.29, 1.82) is 0 Å². The van der Waals surface area contributed by atoms with E-state index in [1.807, 2.05) is 31.2 Å². The molecule has 0 amide bonds. The van der Waals surface area contributed by atoms with Crippen LogP contribution in [0.5, 0.6) is 11.5 Å². The molecule has 0 unspecified atom stereocenters. The normalized spacial score (nSPS) is 15.3. The van der Waals surface area contributed by atoms with Crippen molar-refractivity contribution in [2.24, 2.45) is 5.92 Å². The lowest BCUT2D eigenvalue weighted by Crippen LogP contribution is -2.22. The van der Waals surface area contributed by atoms with Gasteiger partial charge in [-0.2, -0.15) is 0 Å². The zero-order valence-electron chi connectivity index (χ0n) is 13.3. The summed E-state index contributed by atoms with van der Waals surface area (Å²) in [5.41, 5.74) is 0. The molecule has 0 atom stereocenters. The zero-order valence-corrected chi connectivity index (χ0v) is 13.3. The van der Waals surface area contributed by atoms with Gasteiger partial charge in [0.2, 0.25) is 0 Å². The van der Waals surface area contributed by atoms with Crippen LogP contribution in [0.25, 0.3) is 0 Å². The lowest BCUT2D eigenvalue weighted by atomic mass is 10.0. The van der Waals surface area contributed by atoms with E-state index in [1.54, 1.807) is 0 Å². The van der Waals surface area contributed by atoms with E-state index in [9.17, 15) is 0 Å². The molecule has 21 heavy (non-hydrogen) atoms. The van der Waals surface area contributed by atoms with E-state index in [0.717, 1.165) is 30.5 Å². The molecule has 1 N–H and O–H groups in total. The molecule has 1 aromatic rings. The molecule has 0 aromatic heterocycles. The van der Waals surface area contributed by atoms with E-state index < -0.39 is 0 Å². The predicted molar refractivity (Wildman–Crippen MR) is 87.2 cm³/mol. The molecule has 0 bridgehead atoms. The average molecular weight is 291 g/mol. The molecule has 3 nitrogen and oxygen atoms in total. The Kier molecular flexibility index (Phi) is 7.44. The molecule has 3 heteroatoms. The Hall–Kier alpha value is -1.22. The topological polar surface area (TPSA) is 30.5 Å². The Morgan fingerprint density at radius 1 is 1.05 bits per heavy atom. The molecule has 1 aliphatic carbocycles. The van der Waals surface area contributed by atoms with Crippen LogP contribution >= 0.6 is 0 Å². The molecule has 2 rings (SSSR count). The molecule has 1 aromatic carbocycles. The number of ether oxygens (including phenoxy) is 2. The van der Waals surface area contributed by atoms with E-state index in [-0.39, 0.29) is 0 Å². The summed E-state index contributed by atoms with van der Waals surface area (Å²) in [7, 11) is 0. The molecule has 0 radical (unpaired) electrons.